The number of halogens is 1. The Kier molecular flexibility index (Phi) is 2.82. The number of amides is 1. The number of nitrogens with zero attached hydrogens (tertiary/aromatic N) is 1. The van der Waals surface area contributed by atoms with Gasteiger partial charge < -0.3 is 10.2 Å². The van der Waals surface area contributed by atoms with Gasteiger partial charge in [0.25, 0.3) is 0 Å². The number of carbonyl (C=O) groups is 1. The van der Waals surface area contributed by atoms with E-state index in [1.165, 1.54) is 12.8 Å². The van der Waals surface area contributed by atoms with E-state index < -0.39 is 0 Å². The van der Waals surface area contributed by atoms with Gasteiger partial charge in [-0.2, -0.15) is 0 Å². The number of rotatable bonds is 0. The lowest BCUT2D eigenvalue weighted by molar-refractivity contribution is -0.117. The molecule has 2 heterocycles. The van der Waals surface area contributed by atoms with Crippen LogP contribution in [0.4, 0.5) is 11.4 Å². The second-order valence-corrected chi connectivity index (χ2v) is 5.62. The van der Waals surface area contributed by atoms with Crippen LogP contribution in [0.15, 0.2) is 22.7 Å². The van der Waals surface area contributed by atoms with Crippen LogP contribution in [0.5, 0.6) is 0 Å². The van der Waals surface area contributed by atoms with E-state index in [-0.39, 0.29) is 11.9 Å². The van der Waals surface area contributed by atoms with Crippen molar-refractivity contribution in [2.24, 2.45) is 0 Å². The van der Waals surface area contributed by atoms with Gasteiger partial charge >= 0.3 is 0 Å². The third-order valence-electron chi connectivity index (χ3n) is 3.58. The van der Waals surface area contributed by atoms with Gasteiger partial charge in [-0.1, -0.05) is 28.8 Å². The van der Waals surface area contributed by atoms with Gasteiger partial charge in [0.1, 0.15) is 6.04 Å². The van der Waals surface area contributed by atoms with Crippen molar-refractivity contribution < 1.29 is 4.79 Å². The highest BCUT2D eigenvalue weighted by atomic mass is 79.9. The summed E-state index contributed by atoms with van der Waals surface area (Å²) in [6.45, 7) is 0.988. The molecule has 0 bridgehead atoms. The summed E-state index contributed by atoms with van der Waals surface area (Å²) < 4.78 is 1.07. The van der Waals surface area contributed by atoms with E-state index in [0.29, 0.717) is 0 Å². The van der Waals surface area contributed by atoms with Gasteiger partial charge in [-0.25, -0.2) is 0 Å². The highest BCUT2D eigenvalue weighted by Crippen LogP contribution is 2.36. The minimum absolute atomic E-state index is 0.0271. The molecule has 0 aliphatic carbocycles. The zero-order valence-corrected chi connectivity index (χ0v) is 11.2. The van der Waals surface area contributed by atoms with Gasteiger partial charge in [-0.15, -0.1) is 0 Å². The molecule has 90 valence electrons. The first-order valence-corrected chi connectivity index (χ1v) is 6.92. The van der Waals surface area contributed by atoms with Crippen molar-refractivity contribution in [1.29, 1.82) is 0 Å². The fourth-order valence-corrected chi connectivity index (χ4v) is 3.08. The Balaban J connectivity index is 2.05. The molecule has 17 heavy (non-hydrogen) atoms. The summed E-state index contributed by atoms with van der Waals surface area (Å²) in [7, 11) is 0. The molecule has 1 atom stereocenters. The fourth-order valence-electron chi connectivity index (χ4n) is 2.73. The summed E-state index contributed by atoms with van der Waals surface area (Å²) in [4.78, 5) is 14.3. The lowest BCUT2D eigenvalue weighted by atomic mass is 10.0. The molecule has 1 fully saturated rings. The summed E-state index contributed by atoms with van der Waals surface area (Å²) in [5, 5.41) is 3.01. The molecule has 1 aromatic carbocycles. The lowest BCUT2D eigenvalue weighted by Crippen LogP contribution is -2.47. The molecule has 0 aromatic heterocycles. The van der Waals surface area contributed by atoms with Crippen molar-refractivity contribution in [3.05, 3.63) is 22.7 Å². The Bertz CT molecular complexity index is 461. The molecule has 3 rings (SSSR count). The van der Waals surface area contributed by atoms with Crippen molar-refractivity contribution >= 4 is 33.2 Å². The van der Waals surface area contributed by atoms with Gasteiger partial charge in [0, 0.05) is 11.0 Å². The predicted molar refractivity (Wildman–Crippen MR) is 72.4 cm³/mol. The number of hydrogen-bond donors (Lipinski definition) is 1. The maximum atomic E-state index is 12.1. The van der Waals surface area contributed by atoms with Crippen LogP contribution in [0.3, 0.4) is 0 Å². The van der Waals surface area contributed by atoms with Crippen molar-refractivity contribution in [3.63, 3.8) is 0 Å². The second-order valence-electron chi connectivity index (χ2n) is 4.71. The molecule has 0 spiro atoms. The fraction of sp³-hybridized carbons (Fsp3) is 0.462. The molecule has 1 unspecified atom stereocenters. The third-order valence-corrected chi connectivity index (χ3v) is 4.08. The first kappa shape index (κ1) is 11.1. The average molecular weight is 295 g/mol. The van der Waals surface area contributed by atoms with Gasteiger partial charge in [-0.05, 0) is 31.0 Å². The molecule has 2 aliphatic rings. The van der Waals surface area contributed by atoms with E-state index in [0.717, 1.165) is 35.2 Å². The van der Waals surface area contributed by atoms with E-state index in [2.05, 4.69) is 32.2 Å². The number of fused-ring (bicyclic) bond motifs is 3. The molecule has 2 aliphatic heterocycles. The Morgan fingerprint density at radius 3 is 3.06 bits per heavy atom. The summed E-state index contributed by atoms with van der Waals surface area (Å²) in [5.74, 6) is 0.154. The molecule has 0 saturated carbocycles. The molecule has 1 aromatic rings. The number of anilines is 2. The first-order chi connectivity index (χ1) is 8.25. The largest absolute Gasteiger partial charge is 0.358 e. The van der Waals surface area contributed by atoms with E-state index in [4.69, 9.17) is 0 Å². The summed E-state index contributed by atoms with van der Waals surface area (Å²) in [5.41, 5.74) is 2.10. The zero-order valence-electron chi connectivity index (χ0n) is 9.58. The topological polar surface area (TPSA) is 32.3 Å². The SMILES string of the molecule is O=C1Nc2ccc(Br)cc2N2CCCCCC12. The molecule has 1 N–H and O–H groups in total. The Hall–Kier alpha value is -1.03. The highest BCUT2D eigenvalue weighted by Gasteiger charge is 2.33. The smallest absolute Gasteiger partial charge is 0.247 e. The molecular formula is C13H15BrN2O. The van der Waals surface area contributed by atoms with Crippen LogP contribution < -0.4 is 10.2 Å². The first-order valence-electron chi connectivity index (χ1n) is 6.13. The van der Waals surface area contributed by atoms with Gasteiger partial charge in [-0.3, -0.25) is 4.79 Å². The van der Waals surface area contributed by atoms with Gasteiger partial charge in [0.2, 0.25) is 5.91 Å². The average Bonchev–Trinajstić information content (AvgIpc) is 2.56. The lowest BCUT2D eigenvalue weighted by Gasteiger charge is -2.37. The van der Waals surface area contributed by atoms with Crippen LogP contribution in [0.25, 0.3) is 0 Å². The zero-order chi connectivity index (χ0) is 11.8. The van der Waals surface area contributed by atoms with Crippen LogP contribution in [0, 0.1) is 0 Å². The number of benzene rings is 1. The normalized spacial score (nSPS) is 23.5. The summed E-state index contributed by atoms with van der Waals surface area (Å²) in [6, 6.07) is 6.07. The maximum Gasteiger partial charge on any atom is 0.247 e. The highest BCUT2D eigenvalue weighted by molar-refractivity contribution is 9.10. The summed E-state index contributed by atoms with van der Waals surface area (Å²) in [6.07, 6.45) is 4.52. The van der Waals surface area contributed by atoms with E-state index >= 15 is 0 Å². The van der Waals surface area contributed by atoms with Crippen LogP contribution in [0.2, 0.25) is 0 Å². The monoisotopic (exact) mass is 294 g/mol. The van der Waals surface area contributed by atoms with E-state index in [1.807, 2.05) is 12.1 Å². The quantitative estimate of drug-likeness (QED) is 0.797. The van der Waals surface area contributed by atoms with Gasteiger partial charge in [0.05, 0.1) is 11.4 Å². The molecule has 0 radical (unpaired) electrons. The van der Waals surface area contributed by atoms with Crippen LogP contribution >= 0.6 is 15.9 Å². The van der Waals surface area contributed by atoms with Crippen molar-refractivity contribution in [3.8, 4) is 0 Å². The maximum absolute atomic E-state index is 12.1. The Labute approximate surface area is 109 Å². The predicted octanol–water partition coefficient (Wildman–Crippen LogP) is 3.15. The van der Waals surface area contributed by atoms with E-state index in [1.54, 1.807) is 0 Å². The Morgan fingerprint density at radius 2 is 2.18 bits per heavy atom. The molecule has 3 nitrogen and oxygen atoms in total. The van der Waals surface area contributed by atoms with Crippen LogP contribution in [-0.2, 0) is 4.79 Å². The van der Waals surface area contributed by atoms with Crippen LogP contribution in [-0.4, -0.2) is 18.5 Å². The Morgan fingerprint density at radius 1 is 1.29 bits per heavy atom. The van der Waals surface area contributed by atoms with E-state index in [9.17, 15) is 4.79 Å². The molecule has 4 heteroatoms. The standard InChI is InChI=1S/C13H15BrN2O/c14-9-5-6-10-12(8-9)16-7-3-1-2-4-11(16)13(17)15-10/h5-6,8,11H,1-4,7H2,(H,15,17). The van der Waals surface area contributed by atoms with Crippen LogP contribution in [0.1, 0.15) is 25.7 Å². The van der Waals surface area contributed by atoms with Crippen molar-refractivity contribution in [1.82, 2.24) is 0 Å². The number of carbonyl (C=O) groups excluding carboxylic acids is 1. The van der Waals surface area contributed by atoms with Crippen molar-refractivity contribution in [2.75, 3.05) is 16.8 Å². The molecular weight excluding hydrogens is 280 g/mol. The molecule has 1 amide bonds. The summed E-state index contributed by atoms with van der Waals surface area (Å²) >= 11 is 3.50. The minimum Gasteiger partial charge on any atom is -0.358 e. The molecule has 1 saturated heterocycles. The minimum atomic E-state index is 0.0271. The second kappa shape index (κ2) is 4.33. The number of nitrogens with one attached hydrogen (secondary N) is 1. The van der Waals surface area contributed by atoms with Crippen molar-refractivity contribution in [2.45, 2.75) is 31.7 Å². The third kappa shape index (κ3) is 1.95. The van der Waals surface area contributed by atoms with Gasteiger partial charge in [0.15, 0.2) is 0 Å². The number of hydrogen-bond acceptors (Lipinski definition) is 2.